The maximum absolute atomic E-state index is 4.53. The van der Waals surface area contributed by atoms with Crippen LogP contribution in [-0.4, -0.2) is 11.5 Å². The van der Waals surface area contributed by atoms with Gasteiger partial charge in [0.05, 0.1) is 5.01 Å². The number of nitrogens with one attached hydrogen (secondary N) is 1. The van der Waals surface area contributed by atoms with Crippen LogP contribution in [-0.2, 0) is 6.54 Å². The summed E-state index contributed by atoms with van der Waals surface area (Å²) in [6.45, 7) is 5.48. The molecule has 1 saturated carbocycles. The third-order valence-electron chi connectivity index (χ3n) is 2.86. The quantitative estimate of drug-likeness (QED) is 0.612. The molecule has 0 unspecified atom stereocenters. The molecule has 1 aromatic heterocycles. The van der Waals surface area contributed by atoms with Gasteiger partial charge in [0, 0.05) is 30.1 Å². The van der Waals surface area contributed by atoms with Crippen LogP contribution in [0.3, 0.4) is 0 Å². The molecule has 1 N–H and O–H groups in total. The Kier molecular flexibility index (Phi) is 3.92. The van der Waals surface area contributed by atoms with Crippen molar-refractivity contribution >= 4 is 11.3 Å². The van der Waals surface area contributed by atoms with Crippen molar-refractivity contribution in [1.29, 1.82) is 0 Å². The highest BCUT2D eigenvalue weighted by Gasteiger charge is 2.19. The lowest BCUT2D eigenvalue weighted by Gasteiger charge is -2.02. The number of thiazole rings is 1. The molecular formula is C12H18N2S. The summed E-state index contributed by atoms with van der Waals surface area (Å²) >= 11 is 1.87. The Balaban J connectivity index is 1.88. The van der Waals surface area contributed by atoms with E-state index in [-0.39, 0.29) is 0 Å². The van der Waals surface area contributed by atoms with Crippen LogP contribution in [0.4, 0.5) is 0 Å². The molecule has 1 aromatic rings. The number of nitrogens with zero attached hydrogens (tertiary/aromatic N) is 1. The van der Waals surface area contributed by atoms with Crippen LogP contribution >= 0.6 is 11.3 Å². The van der Waals surface area contributed by atoms with E-state index in [9.17, 15) is 0 Å². The first-order valence-electron chi connectivity index (χ1n) is 5.66. The summed E-state index contributed by atoms with van der Waals surface area (Å²) in [6.07, 6.45) is 9.36. The van der Waals surface area contributed by atoms with Crippen molar-refractivity contribution < 1.29 is 0 Å². The van der Waals surface area contributed by atoms with E-state index in [1.165, 1.54) is 35.6 Å². The Bertz CT molecular complexity index is 313. The Labute approximate surface area is 95.4 Å². The molecule has 0 radical (unpaired) electrons. The zero-order chi connectivity index (χ0) is 10.5. The molecule has 1 heterocycles. The molecule has 15 heavy (non-hydrogen) atoms. The van der Waals surface area contributed by atoms with Crippen molar-refractivity contribution in [3.63, 3.8) is 0 Å². The predicted octanol–water partition coefficient (Wildman–Crippen LogP) is 3.08. The second-order valence-corrected chi connectivity index (χ2v) is 5.21. The molecule has 0 atom stereocenters. The maximum atomic E-state index is 4.53. The van der Waals surface area contributed by atoms with Gasteiger partial charge in [-0.25, -0.2) is 4.98 Å². The van der Waals surface area contributed by atoms with Crippen molar-refractivity contribution in [1.82, 2.24) is 10.3 Å². The monoisotopic (exact) mass is 222 g/mol. The van der Waals surface area contributed by atoms with Crippen LogP contribution in [0.2, 0.25) is 0 Å². The second-order valence-electron chi connectivity index (χ2n) is 4.07. The van der Waals surface area contributed by atoms with Gasteiger partial charge in [0.25, 0.3) is 0 Å². The minimum atomic E-state index is 0.753. The largest absolute Gasteiger partial charge is 0.308 e. The summed E-state index contributed by atoms with van der Waals surface area (Å²) in [4.78, 5) is 5.88. The second kappa shape index (κ2) is 5.42. The van der Waals surface area contributed by atoms with Gasteiger partial charge >= 0.3 is 0 Å². The fraction of sp³-hybridized carbons (Fsp3) is 0.583. The van der Waals surface area contributed by atoms with Crippen LogP contribution in [0.5, 0.6) is 0 Å². The van der Waals surface area contributed by atoms with Crippen molar-refractivity contribution in [2.75, 3.05) is 6.54 Å². The Morgan fingerprint density at radius 3 is 3.07 bits per heavy atom. The average molecular weight is 222 g/mol. The SMILES string of the molecule is C=CCNCc1cnc(C2CCCC2)s1. The first-order chi connectivity index (χ1) is 7.40. The number of hydrogen-bond donors (Lipinski definition) is 1. The van der Waals surface area contributed by atoms with E-state index in [2.05, 4.69) is 16.9 Å². The molecule has 3 heteroatoms. The van der Waals surface area contributed by atoms with E-state index in [0.717, 1.165) is 19.0 Å². The number of rotatable bonds is 5. The first-order valence-corrected chi connectivity index (χ1v) is 6.48. The van der Waals surface area contributed by atoms with Gasteiger partial charge in [0.1, 0.15) is 0 Å². The summed E-state index contributed by atoms with van der Waals surface area (Å²) in [7, 11) is 0. The molecule has 0 aromatic carbocycles. The van der Waals surface area contributed by atoms with Gasteiger partial charge in [-0.2, -0.15) is 0 Å². The summed E-state index contributed by atoms with van der Waals surface area (Å²) in [5.74, 6) is 0.753. The minimum absolute atomic E-state index is 0.753. The van der Waals surface area contributed by atoms with Crippen molar-refractivity contribution in [2.45, 2.75) is 38.1 Å². The van der Waals surface area contributed by atoms with Gasteiger partial charge in [-0.1, -0.05) is 18.9 Å². The molecule has 82 valence electrons. The van der Waals surface area contributed by atoms with Crippen LogP contribution in [0, 0.1) is 0 Å². The molecule has 1 aliphatic carbocycles. The van der Waals surface area contributed by atoms with Crippen LogP contribution in [0.15, 0.2) is 18.9 Å². The molecule has 2 rings (SSSR count). The Morgan fingerprint density at radius 2 is 2.33 bits per heavy atom. The molecule has 0 amide bonds. The minimum Gasteiger partial charge on any atom is -0.308 e. The summed E-state index contributed by atoms with van der Waals surface area (Å²) in [5, 5.41) is 4.66. The Hall–Kier alpha value is -0.670. The van der Waals surface area contributed by atoms with Gasteiger partial charge in [-0.3, -0.25) is 0 Å². The van der Waals surface area contributed by atoms with E-state index in [1.807, 2.05) is 23.6 Å². The summed E-state index contributed by atoms with van der Waals surface area (Å²) in [5.41, 5.74) is 0. The van der Waals surface area contributed by atoms with E-state index >= 15 is 0 Å². The first kappa shape index (κ1) is 10.8. The maximum Gasteiger partial charge on any atom is 0.0959 e. The zero-order valence-corrected chi connectivity index (χ0v) is 9.85. The lowest BCUT2D eigenvalue weighted by Crippen LogP contribution is -2.11. The topological polar surface area (TPSA) is 24.9 Å². The molecule has 0 spiro atoms. The lowest BCUT2D eigenvalue weighted by molar-refractivity contribution is 0.716. The lowest BCUT2D eigenvalue weighted by atomic mass is 10.1. The van der Waals surface area contributed by atoms with Crippen LogP contribution in [0.1, 0.15) is 41.5 Å². The molecule has 0 bridgehead atoms. The predicted molar refractivity (Wildman–Crippen MR) is 65.2 cm³/mol. The summed E-state index contributed by atoms with van der Waals surface area (Å²) < 4.78 is 0. The smallest absolute Gasteiger partial charge is 0.0959 e. The van der Waals surface area contributed by atoms with Crippen molar-refractivity contribution in [3.8, 4) is 0 Å². The van der Waals surface area contributed by atoms with Crippen molar-refractivity contribution in [3.05, 3.63) is 28.7 Å². The van der Waals surface area contributed by atoms with E-state index < -0.39 is 0 Å². The molecule has 2 nitrogen and oxygen atoms in total. The fourth-order valence-corrected chi connectivity index (χ4v) is 3.12. The molecule has 1 fully saturated rings. The van der Waals surface area contributed by atoms with Gasteiger partial charge in [-0.05, 0) is 12.8 Å². The standard InChI is InChI=1S/C12H18N2S/c1-2-7-13-8-11-9-14-12(15-11)10-5-3-4-6-10/h2,9-10,13H,1,3-8H2. The highest BCUT2D eigenvalue weighted by atomic mass is 32.1. The fourth-order valence-electron chi connectivity index (χ4n) is 2.06. The molecule has 1 aliphatic rings. The van der Waals surface area contributed by atoms with E-state index in [4.69, 9.17) is 0 Å². The van der Waals surface area contributed by atoms with Crippen LogP contribution in [0.25, 0.3) is 0 Å². The third kappa shape index (κ3) is 2.89. The van der Waals surface area contributed by atoms with E-state index in [0.29, 0.717) is 0 Å². The van der Waals surface area contributed by atoms with Gasteiger partial charge in [0.15, 0.2) is 0 Å². The van der Waals surface area contributed by atoms with Gasteiger partial charge < -0.3 is 5.32 Å². The Morgan fingerprint density at radius 1 is 1.53 bits per heavy atom. The molecule has 0 aliphatic heterocycles. The highest BCUT2D eigenvalue weighted by molar-refractivity contribution is 7.11. The number of hydrogen-bond acceptors (Lipinski definition) is 3. The molecule has 0 saturated heterocycles. The van der Waals surface area contributed by atoms with Crippen LogP contribution < -0.4 is 5.32 Å². The molecular weight excluding hydrogens is 204 g/mol. The highest BCUT2D eigenvalue weighted by Crippen LogP contribution is 2.35. The average Bonchev–Trinajstić information content (AvgIpc) is 2.87. The number of aromatic nitrogens is 1. The van der Waals surface area contributed by atoms with E-state index in [1.54, 1.807) is 0 Å². The van der Waals surface area contributed by atoms with Crippen molar-refractivity contribution in [2.24, 2.45) is 0 Å². The van der Waals surface area contributed by atoms with Gasteiger partial charge in [0.2, 0.25) is 0 Å². The third-order valence-corrected chi connectivity index (χ3v) is 4.02. The normalized spacial score (nSPS) is 17.1. The summed E-state index contributed by atoms with van der Waals surface area (Å²) in [6, 6.07) is 0. The zero-order valence-electron chi connectivity index (χ0n) is 9.04. The van der Waals surface area contributed by atoms with Gasteiger partial charge in [-0.15, -0.1) is 17.9 Å².